The van der Waals surface area contributed by atoms with E-state index in [4.69, 9.17) is 16.1 Å². The van der Waals surface area contributed by atoms with Gasteiger partial charge >= 0.3 is 0 Å². The Hall–Kier alpha value is -1.93. The SMILES string of the molecule is C[C@H](NC(=O)CCc1nc(-c2ccc(I)cc2)no1)c1ccc(Cl)cc1. The highest BCUT2D eigenvalue weighted by atomic mass is 127. The highest BCUT2D eigenvalue weighted by molar-refractivity contribution is 14.1. The van der Waals surface area contributed by atoms with E-state index in [2.05, 4.69) is 38.0 Å². The molecule has 0 spiro atoms. The number of rotatable bonds is 6. The number of aromatic nitrogens is 2. The molecule has 0 saturated carbocycles. The van der Waals surface area contributed by atoms with E-state index in [9.17, 15) is 4.79 Å². The molecule has 0 radical (unpaired) electrons. The number of halogens is 2. The fourth-order valence-corrected chi connectivity index (χ4v) is 2.93. The third-order valence-corrected chi connectivity index (χ3v) is 4.86. The number of nitrogens with one attached hydrogen (secondary N) is 1. The van der Waals surface area contributed by atoms with Crippen LogP contribution in [0.3, 0.4) is 0 Å². The van der Waals surface area contributed by atoms with Crippen LogP contribution < -0.4 is 5.32 Å². The van der Waals surface area contributed by atoms with Crippen molar-refractivity contribution in [2.24, 2.45) is 0 Å². The Labute approximate surface area is 170 Å². The molecule has 0 fully saturated rings. The van der Waals surface area contributed by atoms with Crippen molar-refractivity contribution in [2.75, 3.05) is 0 Å². The first-order chi connectivity index (χ1) is 12.5. The number of aryl methyl sites for hydroxylation is 1. The van der Waals surface area contributed by atoms with Gasteiger partial charge in [0.25, 0.3) is 0 Å². The molecule has 134 valence electrons. The highest BCUT2D eigenvalue weighted by Crippen LogP contribution is 2.18. The minimum atomic E-state index is -0.0928. The summed E-state index contributed by atoms with van der Waals surface area (Å²) in [6, 6.07) is 15.2. The third-order valence-electron chi connectivity index (χ3n) is 3.88. The Balaban J connectivity index is 1.53. The molecule has 0 bridgehead atoms. The minimum Gasteiger partial charge on any atom is -0.350 e. The zero-order valence-corrected chi connectivity index (χ0v) is 17.0. The van der Waals surface area contributed by atoms with Crippen LogP contribution in [0.25, 0.3) is 11.4 Å². The first-order valence-corrected chi connectivity index (χ1v) is 9.60. The Morgan fingerprint density at radius 1 is 1.19 bits per heavy atom. The number of carbonyl (C=O) groups is 1. The zero-order chi connectivity index (χ0) is 18.5. The molecule has 26 heavy (non-hydrogen) atoms. The van der Waals surface area contributed by atoms with Gasteiger partial charge in [-0.05, 0) is 59.3 Å². The second-order valence-electron chi connectivity index (χ2n) is 5.86. The molecule has 3 rings (SSSR count). The van der Waals surface area contributed by atoms with Crippen molar-refractivity contribution in [1.29, 1.82) is 0 Å². The lowest BCUT2D eigenvalue weighted by Crippen LogP contribution is -2.26. The van der Waals surface area contributed by atoms with Gasteiger partial charge in [0.2, 0.25) is 17.6 Å². The number of benzene rings is 2. The minimum absolute atomic E-state index is 0.0681. The normalized spacial score (nSPS) is 12.0. The Bertz CT molecular complexity index is 879. The maximum Gasteiger partial charge on any atom is 0.227 e. The van der Waals surface area contributed by atoms with Crippen LogP contribution in [-0.4, -0.2) is 16.0 Å². The van der Waals surface area contributed by atoms with Gasteiger partial charge in [-0.15, -0.1) is 0 Å². The summed E-state index contributed by atoms with van der Waals surface area (Å²) in [7, 11) is 0. The monoisotopic (exact) mass is 481 g/mol. The van der Waals surface area contributed by atoms with Crippen molar-refractivity contribution < 1.29 is 9.32 Å². The van der Waals surface area contributed by atoms with Crippen LogP contribution in [0.4, 0.5) is 0 Å². The lowest BCUT2D eigenvalue weighted by molar-refractivity contribution is -0.121. The zero-order valence-electron chi connectivity index (χ0n) is 14.1. The molecular weight excluding hydrogens is 465 g/mol. The van der Waals surface area contributed by atoms with Gasteiger partial charge in [0, 0.05) is 27.0 Å². The van der Waals surface area contributed by atoms with Crippen LogP contribution in [0.15, 0.2) is 53.1 Å². The molecule has 0 aliphatic carbocycles. The second-order valence-corrected chi connectivity index (χ2v) is 7.54. The summed E-state index contributed by atoms with van der Waals surface area (Å²) in [6.07, 6.45) is 0.683. The molecule has 0 aliphatic rings. The lowest BCUT2D eigenvalue weighted by atomic mass is 10.1. The van der Waals surface area contributed by atoms with E-state index < -0.39 is 0 Å². The van der Waals surface area contributed by atoms with Gasteiger partial charge in [-0.25, -0.2) is 0 Å². The summed E-state index contributed by atoms with van der Waals surface area (Å²) in [6.45, 7) is 1.93. The van der Waals surface area contributed by atoms with Crippen molar-refractivity contribution in [1.82, 2.24) is 15.5 Å². The summed E-state index contributed by atoms with van der Waals surface area (Å²) in [5.74, 6) is 0.917. The number of nitrogens with zero attached hydrogens (tertiary/aromatic N) is 2. The average Bonchev–Trinajstić information content (AvgIpc) is 3.10. The molecular formula is C19H17ClIN3O2. The average molecular weight is 482 g/mol. The fourth-order valence-electron chi connectivity index (χ4n) is 2.44. The standard InChI is InChI=1S/C19H17ClIN3O2/c1-12(13-2-6-15(20)7-3-13)22-17(25)10-11-18-23-19(24-26-18)14-4-8-16(21)9-5-14/h2-9,12H,10-11H2,1H3,(H,22,25)/t12-/m0/s1. The molecule has 5 nitrogen and oxygen atoms in total. The van der Waals surface area contributed by atoms with Crippen LogP contribution >= 0.6 is 34.2 Å². The van der Waals surface area contributed by atoms with Crippen LogP contribution in [0, 0.1) is 3.57 Å². The van der Waals surface area contributed by atoms with Crippen molar-refractivity contribution in [3.8, 4) is 11.4 Å². The lowest BCUT2D eigenvalue weighted by Gasteiger charge is -2.14. The van der Waals surface area contributed by atoms with Gasteiger partial charge < -0.3 is 9.84 Å². The number of carbonyl (C=O) groups excluding carboxylic acids is 1. The Morgan fingerprint density at radius 3 is 2.58 bits per heavy atom. The fraction of sp³-hybridized carbons (Fsp3) is 0.211. The van der Waals surface area contributed by atoms with E-state index in [1.54, 1.807) is 0 Å². The molecule has 0 unspecified atom stereocenters. The molecule has 2 aromatic carbocycles. The molecule has 3 aromatic rings. The van der Waals surface area contributed by atoms with Crippen LogP contribution in [-0.2, 0) is 11.2 Å². The Morgan fingerprint density at radius 2 is 1.88 bits per heavy atom. The van der Waals surface area contributed by atoms with E-state index in [0.29, 0.717) is 23.2 Å². The molecule has 0 saturated heterocycles. The topological polar surface area (TPSA) is 68.0 Å². The molecule has 0 aliphatic heterocycles. The summed E-state index contributed by atoms with van der Waals surface area (Å²) < 4.78 is 6.39. The number of hydrogen-bond acceptors (Lipinski definition) is 4. The van der Waals surface area contributed by atoms with E-state index in [1.807, 2.05) is 55.5 Å². The maximum absolute atomic E-state index is 12.2. The number of amides is 1. The number of hydrogen-bond donors (Lipinski definition) is 1. The van der Waals surface area contributed by atoms with E-state index in [1.165, 1.54) is 0 Å². The van der Waals surface area contributed by atoms with Crippen molar-refractivity contribution >= 4 is 40.1 Å². The van der Waals surface area contributed by atoms with Crippen LogP contribution in [0.1, 0.15) is 30.8 Å². The summed E-state index contributed by atoms with van der Waals surface area (Å²) >= 11 is 8.12. The molecule has 1 amide bonds. The van der Waals surface area contributed by atoms with Crippen molar-refractivity contribution in [3.05, 3.63) is 68.6 Å². The van der Waals surface area contributed by atoms with Gasteiger partial charge in [-0.1, -0.05) is 41.0 Å². The van der Waals surface area contributed by atoms with E-state index in [0.717, 1.165) is 14.7 Å². The maximum atomic E-state index is 12.2. The second kappa shape index (κ2) is 8.64. The molecule has 7 heteroatoms. The van der Waals surface area contributed by atoms with Crippen LogP contribution in [0.2, 0.25) is 5.02 Å². The van der Waals surface area contributed by atoms with Gasteiger partial charge in [0.1, 0.15) is 0 Å². The highest BCUT2D eigenvalue weighted by Gasteiger charge is 2.13. The first kappa shape index (κ1) is 18.8. The summed E-state index contributed by atoms with van der Waals surface area (Å²) in [5, 5.41) is 7.61. The summed E-state index contributed by atoms with van der Waals surface area (Å²) in [5.41, 5.74) is 1.89. The van der Waals surface area contributed by atoms with Gasteiger partial charge in [0.15, 0.2) is 0 Å². The Kier molecular flexibility index (Phi) is 6.26. The largest absolute Gasteiger partial charge is 0.350 e. The van der Waals surface area contributed by atoms with Crippen LogP contribution in [0.5, 0.6) is 0 Å². The molecule has 1 aromatic heterocycles. The third kappa shape index (κ3) is 5.04. The first-order valence-electron chi connectivity index (χ1n) is 8.14. The van der Waals surface area contributed by atoms with Gasteiger partial charge in [0.05, 0.1) is 6.04 Å². The predicted octanol–water partition coefficient (Wildman–Crippen LogP) is 4.80. The summed E-state index contributed by atoms with van der Waals surface area (Å²) in [4.78, 5) is 16.5. The predicted molar refractivity (Wildman–Crippen MR) is 109 cm³/mol. The molecule has 1 atom stereocenters. The van der Waals surface area contributed by atoms with Crippen molar-refractivity contribution in [2.45, 2.75) is 25.8 Å². The molecule has 1 N–H and O–H groups in total. The van der Waals surface area contributed by atoms with Gasteiger partial charge in [-0.3, -0.25) is 4.79 Å². The van der Waals surface area contributed by atoms with Gasteiger partial charge in [-0.2, -0.15) is 4.98 Å². The van der Waals surface area contributed by atoms with E-state index in [-0.39, 0.29) is 18.4 Å². The molecule has 1 heterocycles. The van der Waals surface area contributed by atoms with E-state index >= 15 is 0 Å². The van der Waals surface area contributed by atoms with Crippen molar-refractivity contribution in [3.63, 3.8) is 0 Å². The quantitative estimate of drug-likeness (QED) is 0.513. The smallest absolute Gasteiger partial charge is 0.227 e.